The highest BCUT2D eigenvalue weighted by Gasteiger charge is 2.03. The molecular weight excluding hydrogens is 194 g/mol. The molecule has 0 saturated heterocycles. The van der Waals surface area contributed by atoms with Crippen molar-refractivity contribution in [2.24, 2.45) is 0 Å². The normalized spacial score (nSPS) is 9.00. The summed E-state index contributed by atoms with van der Waals surface area (Å²) in [4.78, 5) is 14.7. The molecule has 0 aromatic carbocycles. The molecule has 0 fully saturated rings. The predicted molar refractivity (Wildman–Crippen MR) is 48.6 cm³/mol. The molecule has 1 heterocycles. The molecule has 0 atom stereocenters. The van der Waals surface area contributed by atoms with Crippen LogP contribution < -0.4 is 0 Å². The Morgan fingerprint density at radius 2 is 2.46 bits per heavy atom. The van der Waals surface area contributed by atoms with Gasteiger partial charge < -0.3 is 4.74 Å². The largest absolute Gasteiger partial charge is 0.466 e. The summed E-state index contributed by atoms with van der Waals surface area (Å²) in [5.41, 5.74) is 0. The lowest BCUT2D eigenvalue weighted by atomic mass is 10.3. The van der Waals surface area contributed by atoms with Crippen LogP contribution in [0, 0.1) is 0 Å². The van der Waals surface area contributed by atoms with Gasteiger partial charge in [0.1, 0.15) is 6.33 Å². The van der Waals surface area contributed by atoms with Crippen LogP contribution in [0.2, 0.25) is 0 Å². The van der Waals surface area contributed by atoms with Crippen LogP contribution in [0.15, 0.2) is 6.33 Å². The number of nitrogens with zero attached hydrogens (tertiary/aromatic N) is 2. The van der Waals surface area contributed by atoms with E-state index >= 15 is 0 Å². The molecule has 6 heteroatoms. The lowest BCUT2D eigenvalue weighted by Gasteiger charge is -1.97. The number of aromatic nitrogens is 3. The Morgan fingerprint density at radius 1 is 1.69 bits per heavy atom. The maximum absolute atomic E-state index is 10.9. The average Bonchev–Trinajstić information content (AvgIpc) is 2.53. The topological polar surface area (TPSA) is 67.9 Å². The zero-order valence-electron chi connectivity index (χ0n) is 7.32. The maximum atomic E-state index is 10.9. The first-order valence-electron chi connectivity index (χ1n) is 3.83. The van der Waals surface area contributed by atoms with E-state index in [2.05, 4.69) is 15.2 Å². The third-order valence-corrected chi connectivity index (χ3v) is 1.32. The van der Waals surface area contributed by atoms with E-state index < -0.39 is 0 Å². The second-order valence-electron chi connectivity index (χ2n) is 2.22. The van der Waals surface area contributed by atoms with Crippen molar-refractivity contribution in [3.63, 3.8) is 0 Å². The lowest BCUT2D eigenvalue weighted by Crippen LogP contribution is -2.05. The number of aromatic amines is 1. The molecule has 1 aromatic heterocycles. The van der Waals surface area contributed by atoms with E-state index in [4.69, 9.17) is 4.74 Å². The monoisotopic (exact) mass is 205 g/mol. The van der Waals surface area contributed by atoms with Crippen LogP contribution in [-0.4, -0.2) is 27.8 Å². The molecule has 5 nitrogen and oxygen atoms in total. The third-order valence-electron chi connectivity index (χ3n) is 1.32. The molecule has 0 spiro atoms. The fourth-order valence-corrected chi connectivity index (χ4v) is 0.803. The first kappa shape index (κ1) is 11.9. The van der Waals surface area contributed by atoms with Crippen LogP contribution in [0.3, 0.4) is 0 Å². The lowest BCUT2D eigenvalue weighted by molar-refractivity contribution is -0.143. The van der Waals surface area contributed by atoms with Crippen molar-refractivity contribution >= 4 is 18.4 Å². The molecule has 1 aromatic rings. The first-order chi connectivity index (χ1) is 5.83. The minimum Gasteiger partial charge on any atom is -0.466 e. The Balaban J connectivity index is 0.00000144. The van der Waals surface area contributed by atoms with Gasteiger partial charge in [-0.05, 0) is 6.92 Å². The molecule has 13 heavy (non-hydrogen) atoms. The number of hydrogen-bond acceptors (Lipinski definition) is 4. The fourth-order valence-electron chi connectivity index (χ4n) is 0.803. The predicted octanol–water partition coefficient (Wildman–Crippen LogP) is 0.722. The van der Waals surface area contributed by atoms with Crippen LogP contribution in [0.4, 0.5) is 0 Å². The number of aryl methyl sites for hydroxylation is 1. The van der Waals surface area contributed by atoms with Crippen LogP contribution in [-0.2, 0) is 16.0 Å². The highest BCUT2D eigenvalue weighted by Crippen LogP contribution is 1.94. The summed E-state index contributed by atoms with van der Waals surface area (Å²) in [5.74, 6) is 0.436. The van der Waals surface area contributed by atoms with Gasteiger partial charge in [0.05, 0.1) is 13.0 Å². The van der Waals surface area contributed by atoms with Crippen molar-refractivity contribution in [2.75, 3.05) is 6.61 Å². The zero-order valence-corrected chi connectivity index (χ0v) is 8.13. The van der Waals surface area contributed by atoms with Gasteiger partial charge in [-0.3, -0.25) is 9.89 Å². The van der Waals surface area contributed by atoms with Gasteiger partial charge in [0.2, 0.25) is 0 Å². The Bertz CT molecular complexity index is 238. The van der Waals surface area contributed by atoms with Crippen LogP contribution in [0.25, 0.3) is 0 Å². The van der Waals surface area contributed by atoms with Crippen LogP contribution in [0.5, 0.6) is 0 Å². The molecule has 74 valence electrons. The molecule has 0 bridgehead atoms. The number of halogens is 1. The van der Waals surface area contributed by atoms with Crippen molar-refractivity contribution in [2.45, 2.75) is 19.8 Å². The smallest absolute Gasteiger partial charge is 0.306 e. The fraction of sp³-hybridized carbons (Fsp3) is 0.571. The van der Waals surface area contributed by atoms with E-state index in [1.165, 1.54) is 6.33 Å². The van der Waals surface area contributed by atoms with Gasteiger partial charge in [0.25, 0.3) is 0 Å². The SMILES string of the molecule is CCOC(=O)CCc1nc[nH]n1.Cl. The molecular formula is C7H12ClN3O2. The van der Waals surface area contributed by atoms with Gasteiger partial charge in [-0.15, -0.1) is 12.4 Å². The summed E-state index contributed by atoms with van der Waals surface area (Å²) in [6, 6.07) is 0. The molecule has 0 unspecified atom stereocenters. The van der Waals surface area contributed by atoms with Gasteiger partial charge in [-0.25, -0.2) is 4.98 Å². The first-order valence-corrected chi connectivity index (χ1v) is 3.83. The number of H-pyrrole nitrogens is 1. The van der Waals surface area contributed by atoms with E-state index in [9.17, 15) is 4.79 Å². The van der Waals surface area contributed by atoms with Crippen molar-refractivity contribution in [1.29, 1.82) is 0 Å². The standard InChI is InChI=1S/C7H11N3O2.ClH/c1-2-12-7(11)4-3-6-8-5-9-10-6;/h5H,2-4H2,1H3,(H,8,9,10);1H. The van der Waals surface area contributed by atoms with Crippen molar-refractivity contribution < 1.29 is 9.53 Å². The number of rotatable bonds is 4. The maximum Gasteiger partial charge on any atom is 0.306 e. The number of ether oxygens (including phenoxy) is 1. The number of nitrogens with one attached hydrogen (secondary N) is 1. The molecule has 1 rings (SSSR count). The summed E-state index contributed by atoms with van der Waals surface area (Å²) in [5, 5.41) is 6.38. The summed E-state index contributed by atoms with van der Waals surface area (Å²) >= 11 is 0. The average molecular weight is 206 g/mol. The molecule has 1 N–H and O–H groups in total. The van der Waals surface area contributed by atoms with Gasteiger partial charge in [-0.2, -0.15) is 5.10 Å². The third kappa shape index (κ3) is 4.47. The molecule has 0 aliphatic carbocycles. The van der Waals surface area contributed by atoms with Gasteiger partial charge in [-0.1, -0.05) is 0 Å². The molecule has 0 amide bonds. The molecule has 0 saturated carbocycles. The molecule has 0 aliphatic rings. The Morgan fingerprint density at radius 3 is 3.00 bits per heavy atom. The zero-order chi connectivity index (χ0) is 8.81. The molecule has 0 radical (unpaired) electrons. The van der Waals surface area contributed by atoms with Crippen molar-refractivity contribution in [1.82, 2.24) is 15.2 Å². The number of hydrogen-bond donors (Lipinski definition) is 1. The van der Waals surface area contributed by atoms with E-state index in [-0.39, 0.29) is 18.4 Å². The number of carbonyl (C=O) groups excluding carboxylic acids is 1. The van der Waals surface area contributed by atoms with Crippen LogP contribution in [0.1, 0.15) is 19.2 Å². The van der Waals surface area contributed by atoms with Crippen LogP contribution >= 0.6 is 12.4 Å². The van der Waals surface area contributed by atoms with E-state index in [1.54, 1.807) is 6.92 Å². The summed E-state index contributed by atoms with van der Waals surface area (Å²) in [6.07, 6.45) is 2.36. The Kier molecular flexibility index (Phi) is 5.88. The summed E-state index contributed by atoms with van der Waals surface area (Å²) in [6.45, 7) is 2.21. The Hall–Kier alpha value is -1.10. The minimum absolute atomic E-state index is 0. The van der Waals surface area contributed by atoms with Gasteiger partial charge in [0.15, 0.2) is 5.82 Å². The second kappa shape index (κ2) is 6.42. The number of esters is 1. The Labute approximate surface area is 82.3 Å². The highest BCUT2D eigenvalue weighted by molar-refractivity contribution is 5.85. The number of carbonyl (C=O) groups is 1. The molecule has 0 aliphatic heterocycles. The summed E-state index contributed by atoms with van der Waals surface area (Å²) in [7, 11) is 0. The van der Waals surface area contributed by atoms with E-state index in [0.717, 1.165) is 0 Å². The summed E-state index contributed by atoms with van der Waals surface area (Å²) < 4.78 is 4.74. The second-order valence-corrected chi connectivity index (χ2v) is 2.22. The highest BCUT2D eigenvalue weighted by atomic mass is 35.5. The van der Waals surface area contributed by atoms with Gasteiger partial charge in [0, 0.05) is 6.42 Å². The van der Waals surface area contributed by atoms with Crippen molar-refractivity contribution in [3.05, 3.63) is 12.2 Å². The van der Waals surface area contributed by atoms with E-state index in [0.29, 0.717) is 25.3 Å². The minimum atomic E-state index is -0.206. The van der Waals surface area contributed by atoms with Gasteiger partial charge >= 0.3 is 5.97 Å². The van der Waals surface area contributed by atoms with E-state index in [1.807, 2.05) is 0 Å². The van der Waals surface area contributed by atoms with Crippen molar-refractivity contribution in [3.8, 4) is 0 Å². The quantitative estimate of drug-likeness (QED) is 0.736.